The van der Waals surface area contributed by atoms with Crippen molar-refractivity contribution in [2.45, 2.75) is 57.7 Å². The molecule has 1 saturated heterocycles. The predicted molar refractivity (Wildman–Crippen MR) is 70.6 cm³/mol. The van der Waals surface area contributed by atoms with Gasteiger partial charge in [0, 0.05) is 12.6 Å². The quantitative estimate of drug-likeness (QED) is 0.727. The van der Waals surface area contributed by atoms with Crippen LogP contribution < -0.4 is 5.73 Å². The van der Waals surface area contributed by atoms with Gasteiger partial charge in [0.2, 0.25) is 0 Å². The molecular weight excluding hydrogens is 248 g/mol. The number of carbonyl (C=O) groups excluding carboxylic acids is 2. The number of amides is 1. The Bertz CT molecular complexity index is 364. The zero-order chi connectivity index (χ0) is 14.8. The van der Waals surface area contributed by atoms with E-state index < -0.39 is 17.1 Å². The van der Waals surface area contributed by atoms with Crippen LogP contribution in [0.3, 0.4) is 0 Å². The Labute approximate surface area is 114 Å². The molecule has 110 valence electrons. The molecule has 0 aromatic rings. The van der Waals surface area contributed by atoms with Crippen LogP contribution in [-0.4, -0.2) is 47.8 Å². The van der Waals surface area contributed by atoms with Crippen LogP contribution in [0.5, 0.6) is 0 Å². The lowest BCUT2D eigenvalue weighted by molar-refractivity contribution is -0.149. The van der Waals surface area contributed by atoms with Crippen LogP contribution in [0.4, 0.5) is 4.79 Å². The van der Waals surface area contributed by atoms with Gasteiger partial charge in [-0.25, -0.2) is 4.79 Å². The van der Waals surface area contributed by atoms with Crippen molar-refractivity contribution in [2.75, 3.05) is 13.7 Å². The van der Waals surface area contributed by atoms with Gasteiger partial charge in [0.05, 0.1) is 7.11 Å². The van der Waals surface area contributed by atoms with E-state index in [1.807, 2.05) is 27.7 Å². The highest BCUT2D eigenvalue weighted by atomic mass is 16.6. The minimum absolute atomic E-state index is 0.160. The van der Waals surface area contributed by atoms with Gasteiger partial charge < -0.3 is 20.1 Å². The Hall–Kier alpha value is -1.30. The summed E-state index contributed by atoms with van der Waals surface area (Å²) in [4.78, 5) is 25.3. The summed E-state index contributed by atoms with van der Waals surface area (Å²) >= 11 is 0. The number of likely N-dealkylation sites (tertiary alicyclic amines) is 1. The van der Waals surface area contributed by atoms with Crippen LogP contribution in [0.25, 0.3) is 0 Å². The van der Waals surface area contributed by atoms with Crippen LogP contribution in [-0.2, 0) is 14.3 Å². The molecule has 1 aliphatic heterocycles. The number of carbonyl (C=O) groups is 2. The van der Waals surface area contributed by atoms with Crippen LogP contribution in [0.1, 0.15) is 40.5 Å². The van der Waals surface area contributed by atoms with Gasteiger partial charge in [0.15, 0.2) is 0 Å². The number of nitrogens with zero attached hydrogens (tertiary/aromatic N) is 1. The van der Waals surface area contributed by atoms with Crippen molar-refractivity contribution in [3.8, 4) is 0 Å². The highest BCUT2D eigenvalue weighted by Crippen LogP contribution is 2.27. The molecule has 0 spiro atoms. The molecule has 0 radical (unpaired) electrons. The van der Waals surface area contributed by atoms with E-state index in [0.29, 0.717) is 19.4 Å². The summed E-state index contributed by atoms with van der Waals surface area (Å²) in [7, 11) is 1.32. The molecule has 1 amide bonds. The Kier molecular flexibility index (Phi) is 4.45. The molecule has 6 heteroatoms. The molecule has 1 aliphatic rings. The van der Waals surface area contributed by atoms with Crippen molar-refractivity contribution < 1.29 is 19.1 Å². The number of hydrogen-bond donors (Lipinski definition) is 1. The maximum absolute atomic E-state index is 12.0. The zero-order valence-electron chi connectivity index (χ0n) is 12.4. The van der Waals surface area contributed by atoms with Gasteiger partial charge in [0.1, 0.15) is 11.1 Å². The highest BCUT2D eigenvalue weighted by molar-refractivity contribution is 5.81. The van der Waals surface area contributed by atoms with E-state index in [-0.39, 0.29) is 12.1 Å². The van der Waals surface area contributed by atoms with E-state index in [9.17, 15) is 9.59 Å². The van der Waals surface area contributed by atoms with Crippen molar-refractivity contribution in [1.29, 1.82) is 0 Å². The number of ether oxygens (including phenoxy) is 2. The Morgan fingerprint density at radius 2 is 1.95 bits per heavy atom. The number of rotatable bonds is 1. The van der Waals surface area contributed by atoms with E-state index in [1.165, 1.54) is 7.11 Å². The van der Waals surface area contributed by atoms with Gasteiger partial charge >= 0.3 is 12.1 Å². The third-order valence-corrected chi connectivity index (χ3v) is 3.21. The topological polar surface area (TPSA) is 81.9 Å². The predicted octanol–water partition coefficient (Wildman–Crippen LogP) is 1.28. The Morgan fingerprint density at radius 3 is 2.37 bits per heavy atom. The van der Waals surface area contributed by atoms with Crippen LogP contribution in [0.2, 0.25) is 0 Å². The second-order valence-electron chi connectivity index (χ2n) is 6.12. The number of hydrogen-bond acceptors (Lipinski definition) is 5. The molecule has 0 aliphatic carbocycles. The van der Waals surface area contributed by atoms with Crippen molar-refractivity contribution >= 4 is 12.1 Å². The first-order valence-corrected chi connectivity index (χ1v) is 6.46. The molecule has 2 N–H and O–H groups in total. The van der Waals surface area contributed by atoms with Gasteiger partial charge in [0.25, 0.3) is 0 Å². The largest absolute Gasteiger partial charge is 0.468 e. The summed E-state index contributed by atoms with van der Waals surface area (Å²) in [6.45, 7) is 7.71. The summed E-state index contributed by atoms with van der Waals surface area (Å²) < 4.78 is 10.1. The molecule has 1 rings (SSSR count). The van der Waals surface area contributed by atoms with E-state index in [0.717, 1.165) is 0 Å². The Morgan fingerprint density at radius 1 is 1.37 bits per heavy atom. The first-order valence-electron chi connectivity index (χ1n) is 6.46. The van der Waals surface area contributed by atoms with Crippen LogP contribution >= 0.6 is 0 Å². The molecule has 2 unspecified atom stereocenters. The fraction of sp³-hybridized carbons (Fsp3) is 0.846. The first-order chi connectivity index (χ1) is 8.59. The van der Waals surface area contributed by atoms with Crippen molar-refractivity contribution in [3.63, 3.8) is 0 Å². The van der Waals surface area contributed by atoms with Crippen molar-refractivity contribution in [2.24, 2.45) is 5.73 Å². The fourth-order valence-electron chi connectivity index (χ4n) is 2.26. The summed E-state index contributed by atoms with van der Waals surface area (Å²) in [5.41, 5.74) is 4.50. The van der Waals surface area contributed by atoms with Crippen molar-refractivity contribution in [3.05, 3.63) is 0 Å². The summed E-state index contributed by atoms with van der Waals surface area (Å²) in [6.07, 6.45) is 0.384. The molecule has 1 fully saturated rings. The number of esters is 1. The van der Waals surface area contributed by atoms with E-state index in [2.05, 4.69) is 0 Å². The minimum atomic E-state index is -1.01. The molecule has 2 atom stereocenters. The molecule has 0 aromatic carbocycles. The first kappa shape index (κ1) is 15.8. The summed E-state index contributed by atoms with van der Waals surface area (Å²) in [5.74, 6) is -0.428. The smallest absolute Gasteiger partial charge is 0.410 e. The molecular formula is C13H24N2O4. The second-order valence-corrected chi connectivity index (χ2v) is 6.12. The SMILES string of the molecule is COC(=O)C1(N)CCN(C(=O)OC(C)(C)C)C(C)C1. The Balaban J connectivity index is 2.70. The van der Waals surface area contributed by atoms with Gasteiger partial charge in [-0.05, 0) is 40.5 Å². The molecule has 1 heterocycles. The molecule has 6 nitrogen and oxygen atoms in total. The highest BCUT2D eigenvalue weighted by Gasteiger charge is 2.43. The molecule has 0 saturated carbocycles. The summed E-state index contributed by atoms with van der Waals surface area (Å²) in [5, 5.41) is 0. The maximum atomic E-state index is 12.0. The maximum Gasteiger partial charge on any atom is 0.410 e. The van der Waals surface area contributed by atoms with Gasteiger partial charge in [-0.1, -0.05) is 0 Å². The van der Waals surface area contributed by atoms with Crippen LogP contribution in [0, 0.1) is 0 Å². The van der Waals surface area contributed by atoms with Gasteiger partial charge in [-0.2, -0.15) is 0 Å². The number of methoxy groups -OCH3 is 1. The van der Waals surface area contributed by atoms with Gasteiger partial charge in [-0.15, -0.1) is 0 Å². The summed E-state index contributed by atoms with van der Waals surface area (Å²) in [6, 6.07) is -0.160. The molecule has 0 bridgehead atoms. The average Bonchev–Trinajstić information content (AvgIpc) is 2.25. The minimum Gasteiger partial charge on any atom is -0.468 e. The van der Waals surface area contributed by atoms with E-state index in [1.54, 1.807) is 4.90 Å². The van der Waals surface area contributed by atoms with Crippen molar-refractivity contribution in [1.82, 2.24) is 4.90 Å². The normalized spacial score (nSPS) is 27.9. The lowest BCUT2D eigenvalue weighted by atomic mass is 9.85. The second kappa shape index (κ2) is 5.36. The standard InChI is InChI=1S/C13H24N2O4/c1-9-8-13(14,10(16)18-5)6-7-15(9)11(17)19-12(2,3)4/h9H,6-8,14H2,1-5H3. The third kappa shape index (κ3) is 3.83. The number of piperidine rings is 1. The third-order valence-electron chi connectivity index (χ3n) is 3.21. The fourth-order valence-corrected chi connectivity index (χ4v) is 2.26. The van der Waals surface area contributed by atoms with Gasteiger partial charge in [-0.3, -0.25) is 4.79 Å². The average molecular weight is 272 g/mol. The molecule has 19 heavy (non-hydrogen) atoms. The number of nitrogens with two attached hydrogens (primary N) is 1. The molecule has 0 aromatic heterocycles. The monoisotopic (exact) mass is 272 g/mol. The van der Waals surface area contributed by atoms with Crippen LogP contribution in [0.15, 0.2) is 0 Å². The van der Waals surface area contributed by atoms with E-state index in [4.69, 9.17) is 15.2 Å². The van der Waals surface area contributed by atoms with E-state index >= 15 is 0 Å². The lowest BCUT2D eigenvalue weighted by Gasteiger charge is -2.41. The zero-order valence-corrected chi connectivity index (χ0v) is 12.4. The lowest BCUT2D eigenvalue weighted by Crippen LogP contribution is -2.60.